The Labute approximate surface area is 145 Å². The summed E-state index contributed by atoms with van der Waals surface area (Å²) in [5.41, 5.74) is 1.43. The number of ether oxygens (including phenoxy) is 2. The highest BCUT2D eigenvalue weighted by Gasteiger charge is 2.26. The Morgan fingerprint density at radius 3 is 2.24 bits per heavy atom. The van der Waals surface area contributed by atoms with Crippen LogP contribution in [0, 0.1) is 18.6 Å². The molecule has 0 saturated heterocycles. The Morgan fingerprint density at radius 2 is 1.64 bits per heavy atom. The fraction of sp³-hybridized carbons (Fsp3) is 0.294. The van der Waals surface area contributed by atoms with E-state index in [4.69, 9.17) is 9.47 Å². The summed E-state index contributed by atoms with van der Waals surface area (Å²) in [6.07, 6.45) is 0. The van der Waals surface area contributed by atoms with Crippen LogP contribution in [0.1, 0.15) is 11.1 Å². The molecule has 5 nitrogen and oxygen atoms in total. The second-order valence-electron chi connectivity index (χ2n) is 5.47. The Hall–Kier alpha value is -2.19. The van der Waals surface area contributed by atoms with Crippen LogP contribution in [0.15, 0.2) is 35.2 Å². The van der Waals surface area contributed by atoms with Crippen molar-refractivity contribution in [3.05, 3.63) is 53.1 Å². The molecule has 0 amide bonds. The van der Waals surface area contributed by atoms with Gasteiger partial charge >= 0.3 is 0 Å². The first-order valence-corrected chi connectivity index (χ1v) is 8.77. The van der Waals surface area contributed by atoms with Crippen molar-refractivity contribution in [1.29, 1.82) is 0 Å². The molecule has 0 fully saturated rings. The third kappa shape index (κ3) is 3.91. The van der Waals surface area contributed by atoms with Crippen molar-refractivity contribution < 1.29 is 26.7 Å². The van der Waals surface area contributed by atoms with Gasteiger partial charge < -0.3 is 9.47 Å². The molecule has 2 aromatic rings. The van der Waals surface area contributed by atoms with Crippen molar-refractivity contribution in [3.63, 3.8) is 0 Å². The number of hydrogen-bond acceptors (Lipinski definition) is 4. The molecule has 8 heteroatoms. The third-order valence-corrected chi connectivity index (χ3v) is 5.63. The summed E-state index contributed by atoms with van der Waals surface area (Å²) >= 11 is 0. The molecule has 0 aliphatic rings. The number of halogens is 2. The SMILES string of the molecule is COc1cc(C)c(CN(C)S(=O)(=O)c2cc(F)ccc2F)cc1OC. The molecule has 0 N–H and O–H groups in total. The number of hydrogen-bond donors (Lipinski definition) is 0. The molecule has 0 unspecified atom stereocenters. The molecule has 2 rings (SSSR count). The number of rotatable bonds is 6. The molecule has 0 bridgehead atoms. The van der Waals surface area contributed by atoms with Crippen LogP contribution in [0.2, 0.25) is 0 Å². The quantitative estimate of drug-likeness (QED) is 0.783. The maximum absolute atomic E-state index is 13.9. The molecule has 0 aliphatic carbocycles. The molecule has 0 atom stereocenters. The zero-order valence-electron chi connectivity index (χ0n) is 14.3. The monoisotopic (exact) mass is 371 g/mol. The average Bonchev–Trinajstić information content (AvgIpc) is 2.58. The number of methoxy groups -OCH3 is 2. The van der Waals surface area contributed by atoms with Gasteiger partial charge in [0.25, 0.3) is 0 Å². The highest BCUT2D eigenvalue weighted by Crippen LogP contribution is 2.31. The van der Waals surface area contributed by atoms with E-state index >= 15 is 0 Å². The summed E-state index contributed by atoms with van der Waals surface area (Å²) in [6, 6.07) is 5.70. The fourth-order valence-electron chi connectivity index (χ4n) is 2.36. The van der Waals surface area contributed by atoms with Crippen LogP contribution in [-0.2, 0) is 16.6 Å². The summed E-state index contributed by atoms with van der Waals surface area (Å²) in [5.74, 6) is -0.857. The van der Waals surface area contributed by atoms with Gasteiger partial charge in [0, 0.05) is 13.6 Å². The van der Waals surface area contributed by atoms with E-state index in [2.05, 4.69) is 0 Å². The molecule has 0 heterocycles. The van der Waals surface area contributed by atoms with Gasteiger partial charge in [0.2, 0.25) is 10.0 Å². The van der Waals surface area contributed by atoms with Crippen molar-refractivity contribution in [2.24, 2.45) is 0 Å². The molecule has 0 aliphatic heterocycles. The maximum atomic E-state index is 13.9. The molecule has 0 radical (unpaired) electrons. The number of nitrogens with zero attached hydrogens (tertiary/aromatic N) is 1. The van der Waals surface area contributed by atoms with Crippen LogP contribution < -0.4 is 9.47 Å². The van der Waals surface area contributed by atoms with E-state index in [1.807, 2.05) is 0 Å². The third-order valence-electron chi connectivity index (χ3n) is 3.82. The lowest BCUT2D eigenvalue weighted by atomic mass is 10.1. The first kappa shape index (κ1) is 19.1. The average molecular weight is 371 g/mol. The predicted molar refractivity (Wildman–Crippen MR) is 89.3 cm³/mol. The van der Waals surface area contributed by atoms with E-state index in [0.29, 0.717) is 23.1 Å². The van der Waals surface area contributed by atoms with Gasteiger partial charge in [0.05, 0.1) is 14.2 Å². The first-order valence-electron chi connectivity index (χ1n) is 7.33. The van der Waals surface area contributed by atoms with Crippen LogP contribution >= 0.6 is 0 Å². The fourth-order valence-corrected chi connectivity index (χ4v) is 3.58. The molecular formula is C17H19F2NO4S. The minimum absolute atomic E-state index is 0.0372. The van der Waals surface area contributed by atoms with E-state index in [0.717, 1.165) is 22.0 Å². The Morgan fingerprint density at radius 1 is 1.04 bits per heavy atom. The molecule has 2 aromatic carbocycles. The molecule has 0 saturated carbocycles. The van der Waals surface area contributed by atoms with E-state index < -0.39 is 26.6 Å². The molecule has 0 aromatic heterocycles. The van der Waals surface area contributed by atoms with Crippen LogP contribution in [0.3, 0.4) is 0 Å². The van der Waals surface area contributed by atoms with Crippen LogP contribution in [0.5, 0.6) is 11.5 Å². The molecule has 136 valence electrons. The van der Waals surface area contributed by atoms with Crippen molar-refractivity contribution in [1.82, 2.24) is 4.31 Å². The predicted octanol–water partition coefficient (Wildman–Crippen LogP) is 3.11. The minimum Gasteiger partial charge on any atom is -0.493 e. The highest BCUT2D eigenvalue weighted by atomic mass is 32.2. The highest BCUT2D eigenvalue weighted by molar-refractivity contribution is 7.89. The number of benzene rings is 2. The molecule has 0 spiro atoms. The standard InChI is InChI=1S/C17H19F2NO4S/c1-11-7-15(23-3)16(24-4)8-12(11)10-20(2)25(21,22)17-9-13(18)5-6-14(17)19/h5-9H,10H2,1-4H3. The van der Waals surface area contributed by atoms with Crippen molar-refractivity contribution in [3.8, 4) is 11.5 Å². The summed E-state index contributed by atoms with van der Waals surface area (Å²) in [5, 5.41) is 0. The van der Waals surface area contributed by atoms with Gasteiger partial charge in [-0.15, -0.1) is 0 Å². The van der Waals surface area contributed by atoms with Gasteiger partial charge in [-0.25, -0.2) is 17.2 Å². The Balaban J connectivity index is 2.39. The zero-order valence-corrected chi connectivity index (χ0v) is 15.2. The second-order valence-corrected chi connectivity index (χ2v) is 7.48. The van der Waals surface area contributed by atoms with Gasteiger partial charge in [-0.1, -0.05) is 0 Å². The van der Waals surface area contributed by atoms with Crippen LogP contribution in [0.25, 0.3) is 0 Å². The zero-order chi connectivity index (χ0) is 18.8. The normalized spacial score (nSPS) is 11.6. The summed E-state index contributed by atoms with van der Waals surface area (Å²) in [4.78, 5) is -0.701. The van der Waals surface area contributed by atoms with Gasteiger partial charge in [0.1, 0.15) is 16.5 Å². The maximum Gasteiger partial charge on any atom is 0.246 e. The van der Waals surface area contributed by atoms with E-state index in [-0.39, 0.29) is 6.54 Å². The Bertz CT molecular complexity index is 884. The molecule has 25 heavy (non-hydrogen) atoms. The second kappa shape index (κ2) is 7.37. The number of aryl methyl sites for hydroxylation is 1. The van der Waals surface area contributed by atoms with E-state index in [1.54, 1.807) is 19.1 Å². The Kier molecular flexibility index (Phi) is 5.64. The largest absolute Gasteiger partial charge is 0.493 e. The molecular weight excluding hydrogens is 352 g/mol. The van der Waals surface area contributed by atoms with E-state index in [1.165, 1.54) is 21.3 Å². The van der Waals surface area contributed by atoms with Crippen LogP contribution in [-0.4, -0.2) is 34.0 Å². The van der Waals surface area contributed by atoms with Crippen molar-refractivity contribution in [2.75, 3.05) is 21.3 Å². The van der Waals surface area contributed by atoms with Gasteiger partial charge in [-0.3, -0.25) is 0 Å². The smallest absolute Gasteiger partial charge is 0.246 e. The van der Waals surface area contributed by atoms with E-state index in [9.17, 15) is 17.2 Å². The lowest BCUT2D eigenvalue weighted by molar-refractivity contribution is 0.353. The van der Waals surface area contributed by atoms with Crippen LogP contribution in [0.4, 0.5) is 8.78 Å². The van der Waals surface area contributed by atoms with Gasteiger partial charge in [0.15, 0.2) is 11.5 Å². The van der Waals surface area contributed by atoms with Crippen molar-refractivity contribution in [2.45, 2.75) is 18.4 Å². The van der Waals surface area contributed by atoms with Gasteiger partial charge in [-0.05, 0) is 48.4 Å². The van der Waals surface area contributed by atoms with Gasteiger partial charge in [-0.2, -0.15) is 4.31 Å². The lowest BCUT2D eigenvalue weighted by Gasteiger charge is -2.20. The summed E-state index contributed by atoms with van der Waals surface area (Å²) < 4.78 is 63.7. The topological polar surface area (TPSA) is 55.8 Å². The van der Waals surface area contributed by atoms with Crippen molar-refractivity contribution >= 4 is 10.0 Å². The first-order chi connectivity index (χ1) is 11.7. The summed E-state index contributed by atoms with van der Waals surface area (Å²) in [6.45, 7) is 1.75. The lowest BCUT2D eigenvalue weighted by Crippen LogP contribution is -2.27. The summed E-state index contributed by atoms with van der Waals surface area (Å²) in [7, 11) is 0.0774. The number of sulfonamides is 1. The minimum atomic E-state index is -4.20.